The van der Waals surface area contributed by atoms with Crippen LogP contribution in [0.2, 0.25) is 0 Å². The first-order valence-electron chi connectivity index (χ1n) is 5.07. The summed E-state index contributed by atoms with van der Waals surface area (Å²) >= 11 is 0. The lowest BCUT2D eigenvalue weighted by Crippen LogP contribution is -2.50. The van der Waals surface area contributed by atoms with Gasteiger partial charge in [-0.3, -0.25) is 0 Å². The molecule has 1 aliphatic rings. The first-order chi connectivity index (χ1) is 7.33. The highest BCUT2D eigenvalue weighted by molar-refractivity contribution is 5.30. The van der Waals surface area contributed by atoms with E-state index in [-0.39, 0.29) is 6.23 Å². The van der Waals surface area contributed by atoms with Gasteiger partial charge in [-0.15, -0.1) is 0 Å². The smallest absolute Gasteiger partial charge is 0.227 e. The van der Waals surface area contributed by atoms with Crippen LogP contribution in [0.3, 0.4) is 0 Å². The van der Waals surface area contributed by atoms with Gasteiger partial charge in [-0.05, 0) is 18.9 Å². The molecule has 0 spiro atoms. The van der Waals surface area contributed by atoms with Crippen molar-refractivity contribution < 1.29 is 9.84 Å². The van der Waals surface area contributed by atoms with Gasteiger partial charge in [0.05, 0.1) is 6.10 Å². The highest BCUT2D eigenvalue weighted by Crippen LogP contribution is 2.21. The quantitative estimate of drug-likeness (QED) is 0.764. The van der Waals surface area contributed by atoms with E-state index in [9.17, 15) is 5.11 Å². The fourth-order valence-electron chi connectivity index (χ4n) is 1.89. The normalized spacial score (nSPS) is 26.7. The summed E-state index contributed by atoms with van der Waals surface area (Å²) in [5, 5.41) is 9.78. The Morgan fingerprint density at radius 2 is 2.20 bits per heavy atom. The van der Waals surface area contributed by atoms with Crippen molar-refractivity contribution in [3.05, 3.63) is 18.5 Å². The van der Waals surface area contributed by atoms with Crippen LogP contribution in [-0.2, 0) is 4.74 Å². The lowest BCUT2D eigenvalue weighted by atomic mass is 10.1. The largest absolute Gasteiger partial charge is 0.388 e. The van der Waals surface area contributed by atoms with Crippen LogP contribution in [0.15, 0.2) is 18.5 Å². The predicted octanol–water partition coefficient (Wildman–Crippen LogP) is 0.410. The summed E-state index contributed by atoms with van der Waals surface area (Å²) in [5.74, 6) is 0.614. The zero-order valence-corrected chi connectivity index (χ0v) is 8.71. The van der Waals surface area contributed by atoms with Crippen LogP contribution in [0.5, 0.6) is 0 Å². The molecule has 5 heteroatoms. The molecule has 1 N–H and O–H groups in total. The predicted molar refractivity (Wildman–Crippen MR) is 55.4 cm³/mol. The average molecular weight is 209 g/mol. The summed E-state index contributed by atoms with van der Waals surface area (Å²) in [6, 6.07) is 1.77. The van der Waals surface area contributed by atoms with E-state index in [4.69, 9.17) is 4.74 Å². The Kier molecular flexibility index (Phi) is 3.13. The van der Waals surface area contributed by atoms with Crippen LogP contribution in [0.4, 0.5) is 5.95 Å². The number of anilines is 1. The summed E-state index contributed by atoms with van der Waals surface area (Å²) in [4.78, 5) is 10.2. The SMILES string of the molecule is COC1C(O)CCCN1c1ncccn1. The third-order valence-corrected chi connectivity index (χ3v) is 2.59. The van der Waals surface area contributed by atoms with Gasteiger partial charge in [0.2, 0.25) is 5.95 Å². The van der Waals surface area contributed by atoms with Gasteiger partial charge in [0.25, 0.3) is 0 Å². The number of piperidine rings is 1. The van der Waals surface area contributed by atoms with Gasteiger partial charge in [0.1, 0.15) is 0 Å². The molecule has 2 rings (SSSR count). The first kappa shape index (κ1) is 10.3. The standard InChI is InChI=1S/C10H15N3O2/c1-15-9-8(14)4-2-7-13(9)10-11-5-3-6-12-10/h3,5-6,8-9,14H,2,4,7H2,1H3. The summed E-state index contributed by atoms with van der Waals surface area (Å²) < 4.78 is 5.27. The molecule has 0 saturated carbocycles. The Bertz CT molecular complexity index is 307. The molecule has 1 fully saturated rings. The topological polar surface area (TPSA) is 58.5 Å². The number of aliphatic hydroxyl groups is 1. The van der Waals surface area contributed by atoms with Crippen molar-refractivity contribution in [3.8, 4) is 0 Å². The maximum atomic E-state index is 9.78. The second-order valence-electron chi connectivity index (χ2n) is 3.58. The second-order valence-corrected chi connectivity index (χ2v) is 3.58. The highest BCUT2D eigenvalue weighted by Gasteiger charge is 2.31. The molecule has 0 radical (unpaired) electrons. The Morgan fingerprint density at radius 1 is 1.47 bits per heavy atom. The van der Waals surface area contributed by atoms with E-state index >= 15 is 0 Å². The molecule has 1 aromatic heterocycles. The van der Waals surface area contributed by atoms with E-state index in [2.05, 4.69) is 9.97 Å². The number of hydrogen-bond acceptors (Lipinski definition) is 5. The maximum Gasteiger partial charge on any atom is 0.227 e. The highest BCUT2D eigenvalue weighted by atomic mass is 16.5. The molecule has 1 saturated heterocycles. The molecule has 0 bridgehead atoms. The summed E-state index contributed by atoms with van der Waals surface area (Å²) in [7, 11) is 1.59. The second kappa shape index (κ2) is 4.55. The van der Waals surface area contributed by atoms with Crippen molar-refractivity contribution in [1.82, 2.24) is 9.97 Å². The van der Waals surface area contributed by atoms with Gasteiger partial charge in [0.15, 0.2) is 6.23 Å². The fraction of sp³-hybridized carbons (Fsp3) is 0.600. The summed E-state index contributed by atoms with van der Waals surface area (Å²) in [5.41, 5.74) is 0. The third-order valence-electron chi connectivity index (χ3n) is 2.59. The average Bonchev–Trinajstić information content (AvgIpc) is 2.30. The van der Waals surface area contributed by atoms with Crippen molar-refractivity contribution in [2.24, 2.45) is 0 Å². The lowest BCUT2D eigenvalue weighted by Gasteiger charge is -2.37. The molecule has 0 amide bonds. The Labute approximate surface area is 88.7 Å². The van der Waals surface area contributed by atoms with Crippen LogP contribution in [0.25, 0.3) is 0 Å². The molecule has 2 unspecified atom stereocenters. The van der Waals surface area contributed by atoms with Gasteiger partial charge in [0, 0.05) is 26.0 Å². The van der Waals surface area contributed by atoms with Crippen LogP contribution in [-0.4, -0.2) is 41.1 Å². The maximum absolute atomic E-state index is 9.78. The van der Waals surface area contributed by atoms with E-state index in [0.29, 0.717) is 5.95 Å². The van der Waals surface area contributed by atoms with E-state index in [1.54, 1.807) is 25.6 Å². The monoisotopic (exact) mass is 209 g/mol. The fourth-order valence-corrected chi connectivity index (χ4v) is 1.89. The molecule has 2 atom stereocenters. The van der Waals surface area contributed by atoms with Gasteiger partial charge in [-0.25, -0.2) is 9.97 Å². The Hall–Kier alpha value is -1.20. The van der Waals surface area contributed by atoms with Crippen LogP contribution >= 0.6 is 0 Å². The number of nitrogens with zero attached hydrogens (tertiary/aromatic N) is 3. The number of methoxy groups -OCH3 is 1. The van der Waals surface area contributed by atoms with Crippen molar-refractivity contribution in [3.63, 3.8) is 0 Å². The number of ether oxygens (including phenoxy) is 1. The zero-order valence-electron chi connectivity index (χ0n) is 8.71. The van der Waals surface area contributed by atoms with Crippen molar-refractivity contribution >= 4 is 5.95 Å². The lowest BCUT2D eigenvalue weighted by molar-refractivity contribution is -0.0304. The molecule has 1 aromatic rings. The third kappa shape index (κ3) is 2.08. The first-order valence-corrected chi connectivity index (χ1v) is 5.07. The van der Waals surface area contributed by atoms with E-state index in [1.807, 2.05) is 4.90 Å². The summed E-state index contributed by atoms with van der Waals surface area (Å²) in [6.07, 6.45) is 4.28. The molecule has 5 nitrogen and oxygen atoms in total. The number of aromatic nitrogens is 2. The molecule has 1 aliphatic heterocycles. The molecule has 82 valence electrons. The van der Waals surface area contributed by atoms with E-state index in [0.717, 1.165) is 19.4 Å². The molecule has 2 heterocycles. The Balaban J connectivity index is 2.19. The van der Waals surface area contributed by atoms with E-state index in [1.165, 1.54) is 0 Å². The van der Waals surface area contributed by atoms with Crippen LogP contribution in [0, 0.1) is 0 Å². The zero-order chi connectivity index (χ0) is 10.7. The summed E-state index contributed by atoms with van der Waals surface area (Å²) in [6.45, 7) is 0.819. The number of hydrogen-bond donors (Lipinski definition) is 1. The molecule has 15 heavy (non-hydrogen) atoms. The van der Waals surface area contributed by atoms with E-state index < -0.39 is 6.10 Å². The number of rotatable bonds is 2. The number of aliphatic hydroxyl groups excluding tert-OH is 1. The van der Waals surface area contributed by atoms with Crippen LogP contribution < -0.4 is 4.90 Å². The minimum atomic E-state index is -0.465. The van der Waals surface area contributed by atoms with Crippen molar-refractivity contribution in [2.75, 3.05) is 18.6 Å². The molecule has 0 aromatic carbocycles. The van der Waals surface area contributed by atoms with Crippen molar-refractivity contribution in [2.45, 2.75) is 25.2 Å². The van der Waals surface area contributed by atoms with Gasteiger partial charge < -0.3 is 14.7 Å². The minimum absolute atomic E-state index is 0.332. The van der Waals surface area contributed by atoms with Gasteiger partial charge in [-0.1, -0.05) is 0 Å². The Morgan fingerprint density at radius 3 is 2.87 bits per heavy atom. The van der Waals surface area contributed by atoms with Crippen molar-refractivity contribution in [1.29, 1.82) is 0 Å². The minimum Gasteiger partial charge on any atom is -0.388 e. The molecule has 0 aliphatic carbocycles. The van der Waals surface area contributed by atoms with Gasteiger partial charge >= 0.3 is 0 Å². The van der Waals surface area contributed by atoms with Gasteiger partial charge in [-0.2, -0.15) is 0 Å². The molecular formula is C10H15N3O2. The van der Waals surface area contributed by atoms with Crippen LogP contribution in [0.1, 0.15) is 12.8 Å². The molecular weight excluding hydrogens is 194 g/mol.